The van der Waals surface area contributed by atoms with Crippen LogP contribution in [-0.4, -0.2) is 30.5 Å². The number of aromatic nitrogens is 1. The van der Waals surface area contributed by atoms with Crippen LogP contribution in [0.1, 0.15) is 12.0 Å². The Morgan fingerprint density at radius 3 is 2.85 bits per heavy atom. The molecular formula is C15H19N3O2. The molecule has 0 aliphatic rings. The average Bonchev–Trinajstić information content (AvgIpc) is 2.74. The highest BCUT2D eigenvalue weighted by molar-refractivity contribution is 5.89. The predicted molar refractivity (Wildman–Crippen MR) is 79.7 cm³/mol. The molecule has 2 amide bonds. The Morgan fingerprint density at radius 2 is 2.20 bits per heavy atom. The fourth-order valence-corrected chi connectivity index (χ4v) is 2.34. The molecule has 0 radical (unpaired) electrons. The normalized spacial score (nSPS) is 10.6. The summed E-state index contributed by atoms with van der Waals surface area (Å²) in [5, 5.41) is 3.73. The van der Waals surface area contributed by atoms with Gasteiger partial charge in [-0.2, -0.15) is 0 Å². The zero-order valence-corrected chi connectivity index (χ0v) is 12.0. The van der Waals surface area contributed by atoms with Gasteiger partial charge in [0, 0.05) is 44.3 Å². The van der Waals surface area contributed by atoms with Crippen molar-refractivity contribution in [2.24, 2.45) is 7.05 Å². The molecular weight excluding hydrogens is 254 g/mol. The van der Waals surface area contributed by atoms with Crippen LogP contribution in [0.2, 0.25) is 0 Å². The summed E-state index contributed by atoms with van der Waals surface area (Å²) in [6.45, 7) is 2.43. The summed E-state index contributed by atoms with van der Waals surface area (Å²) in [7, 11) is 3.57. The molecule has 0 fully saturated rings. The van der Waals surface area contributed by atoms with Gasteiger partial charge in [-0.15, -0.1) is 0 Å². The molecule has 1 aromatic carbocycles. The lowest BCUT2D eigenvalue weighted by atomic mass is 10.1. The number of nitrogens with one attached hydrogen (secondary N) is 1. The van der Waals surface area contributed by atoms with Crippen LogP contribution in [0.25, 0.3) is 10.9 Å². The number of rotatable bonds is 5. The van der Waals surface area contributed by atoms with Crippen LogP contribution < -0.4 is 10.2 Å². The Balaban J connectivity index is 2.28. The second-order valence-corrected chi connectivity index (χ2v) is 4.85. The maximum atomic E-state index is 11.3. The van der Waals surface area contributed by atoms with Gasteiger partial charge in [0.2, 0.25) is 12.3 Å². The first-order valence-electron chi connectivity index (χ1n) is 6.55. The van der Waals surface area contributed by atoms with Crippen LogP contribution in [0.15, 0.2) is 24.4 Å². The van der Waals surface area contributed by atoms with E-state index in [0.717, 1.165) is 17.6 Å². The lowest BCUT2D eigenvalue weighted by molar-refractivity contribution is -0.120. The molecule has 0 saturated carbocycles. The molecule has 1 heterocycles. The van der Waals surface area contributed by atoms with Crippen LogP contribution in [0, 0.1) is 6.92 Å². The Labute approximate surface area is 118 Å². The fourth-order valence-electron chi connectivity index (χ4n) is 2.34. The molecule has 0 atom stereocenters. The Morgan fingerprint density at radius 1 is 1.45 bits per heavy atom. The summed E-state index contributed by atoms with van der Waals surface area (Å²) < 4.78 is 2.04. The minimum Gasteiger partial charge on any atom is -0.359 e. The first-order valence-corrected chi connectivity index (χ1v) is 6.55. The van der Waals surface area contributed by atoms with Crippen molar-refractivity contribution in [2.75, 3.05) is 18.5 Å². The van der Waals surface area contributed by atoms with Crippen LogP contribution >= 0.6 is 0 Å². The Hall–Kier alpha value is -2.30. The third kappa shape index (κ3) is 2.66. The number of benzene rings is 1. The molecule has 5 nitrogen and oxygen atoms in total. The quantitative estimate of drug-likeness (QED) is 0.841. The third-order valence-corrected chi connectivity index (χ3v) is 3.49. The third-order valence-electron chi connectivity index (χ3n) is 3.49. The van der Waals surface area contributed by atoms with Crippen LogP contribution in [0.3, 0.4) is 0 Å². The SMILES string of the molecule is CNC(=O)CCN(C=O)c1ccc2c(C)cn(C)c2c1. The monoisotopic (exact) mass is 273 g/mol. The fraction of sp³-hybridized carbons (Fsp3) is 0.333. The van der Waals surface area contributed by atoms with E-state index in [9.17, 15) is 9.59 Å². The zero-order chi connectivity index (χ0) is 14.7. The minimum atomic E-state index is -0.0763. The van der Waals surface area contributed by atoms with Crippen LogP contribution in [0.4, 0.5) is 5.69 Å². The average molecular weight is 273 g/mol. The number of carbonyl (C=O) groups excluding carboxylic acids is 2. The van der Waals surface area contributed by atoms with Gasteiger partial charge in [0.25, 0.3) is 0 Å². The number of hydrogen-bond acceptors (Lipinski definition) is 2. The van der Waals surface area contributed by atoms with E-state index in [-0.39, 0.29) is 5.91 Å². The lowest BCUT2D eigenvalue weighted by Crippen LogP contribution is -2.28. The largest absolute Gasteiger partial charge is 0.359 e. The van der Waals surface area contributed by atoms with Crippen molar-refractivity contribution in [1.29, 1.82) is 0 Å². The molecule has 0 unspecified atom stereocenters. The van der Waals surface area contributed by atoms with E-state index in [4.69, 9.17) is 0 Å². The van der Waals surface area contributed by atoms with E-state index in [1.807, 2.05) is 29.8 Å². The van der Waals surface area contributed by atoms with Crippen molar-refractivity contribution in [3.05, 3.63) is 30.0 Å². The second-order valence-electron chi connectivity index (χ2n) is 4.85. The number of amides is 2. The van der Waals surface area contributed by atoms with E-state index in [1.165, 1.54) is 10.9 Å². The van der Waals surface area contributed by atoms with Gasteiger partial charge in [-0.1, -0.05) is 6.07 Å². The van der Waals surface area contributed by atoms with E-state index in [0.29, 0.717) is 13.0 Å². The summed E-state index contributed by atoms with van der Waals surface area (Å²) in [5.74, 6) is -0.0763. The van der Waals surface area contributed by atoms with Gasteiger partial charge in [-0.25, -0.2) is 0 Å². The van der Waals surface area contributed by atoms with Gasteiger partial charge >= 0.3 is 0 Å². The van der Waals surface area contributed by atoms with Crippen molar-refractivity contribution in [3.63, 3.8) is 0 Å². The molecule has 5 heteroatoms. The molecule has 0 aliphatic heterocycles. The smallest absolute Gasteiger partial charge is 0.221 e. The maximum absolute atomic E-state index is 11.3. The number of fused-ring (bicyclic) bond motifs is 1. The standard InChI is InChI=1S/C15H19N3O2/c1-11-9-17(3)14-8-12(4-5-13(11)14)18(10-19)7-6-15(20)16-2/h4-5,8-10H,6-7H2,1-3H3,(H,16,20). The number of carbonyl (C=O) groups is 2. The van der Waals surface area contributed by atoms with Crippen LogP contribution in [0.5, 0.6) is 0 Å². The van der Waals surface area contributed by atoms with E-state index < -0.39 is 0 Å². The van der Waals surface area contributed by atoms with Gasteiger partial charge in [0.05, 0.1) is 5.52 Å². The van der Waals surface area contributed by atoms with E-state index >= 15 is 0 Å². The molecule has 1 N–H and O–H groups in total. The summed E-state index contributed by atoms with van der Waals surface area (Å²) in [5.41, 5.74) is 3.08. The molecule has 0 bridgehead atoms. The van der Waals surface area contributed by atoms with Crippen molar-refractivity contribution in [3.8, 4) is 0 Å². The number of hydrogen-bond donors (Lipinski definition) is 1. The first-order chi connectivity index (χ1) is 9.56. The molecule has 0 aliphatic carbocycles. The second kappa shape index (κ2) is 5.77. The van der Waals surface area contributed by atoms with Crippen molar-refractivity contribution in [2.45, 2.75) is 13.3 Å². The summed E-state index contributed by atoms with van der Waals surface area (Å²) >= 11 is 0. The van der Waals surface area contributed by atoms with Crippen LogP contribution in [-0.2, 0) is 16.6 Å². The van der Waals surface area contributed by atoms with Gasteiger partial charge < -0.3 is 14.8 Å². The summed E-state index contributed by atoms with van der Waals surface area (Å²) in [4.78, 5) is 24.0. The van der Waals surface area contributed by atoms with Crippen molar-refractivity contribution in [1.82, 2.24) is 9.88 Å². The molecule has 2 rings (SSSR count). The van der Waals surface area contributed by atoms with Gasteiger partial charge in [-0.05, 0) is 24.6 Å². The molecule has 20 heavy (non-hydrogen) atoms. The highest BCUT2D eigenvalue weighted by Gasteiger charge is 2.10. The Kier molecular flexibility index (Phi) is 4.08. The lowest BCUT2D eigenvalue weighted by Gasteiger charge is -2.17. The van der Waals surface area contributed by atoms with Gasteiger partial charge in [0.15, 0.2) is 0 Å². The number of nitrogens with zero attached hydrogens (tertiary/aromatic N) is 2. The molecule has 106 valence electrons. The number of anilines is 1. The van der Waals surface area contributed by atoms with Crippen molar-refractivity contribution < 1.29 is 9.59 Å². The highest BCUT2D eigenvalue weighted by Crippen LogP contribution is 2.25. The molecule has 0 saturated heterocycles. The minimum absolute atomic E-state index is 0.0763. The van der Waals surface area contributed by atoms with Gasteiger partial charge in [0.1, 0.15) is 0 Å². The number of aryl methyl sites for hydroxylation is 2. The van der Waals surface area contributed by atoms with Gasteiger partial charge in [-0.3, -0.25) is 9.59 Å². The zero-order valence-electron chi connectivity index (χ0n) is 12.0. The van der Waals surface area contributed by atoms with Crippen molar-refractivity contribution >= 4 is 28.9 Å². The topological polar surface area (TPSA) is 54.3 Å². The molecule has 0 spiro atoms. The first kappa shape index (κ1) is 14.1. The van der Waals surface area contributed by atoms with E-state index in [1.54, 1.807) is 11.9 Å². The molecule has 1 aromatic heterocycles. The van der Waals surface area contributed by atoms with E-state index in [2.05, 4.69) is 18.4 Å². The summed E-state index contributed by atoms with van der Waals surface area (Å²) in [6.07, 6.45) is 3.11. The maximum Gasteiger partial charge on any atom is 0.221 e. The summed E-state index contributed by atoms with van der Waals surface area (Å²) in [6, 6.07) is 5.89. The molecule has 2 aromatic rings. The highest BCUT2D eigenvalue weighted by atomic mass is 16.2. The Bertz CT molecular complexity index is 646. The predicted octanol–water partition coefficient (Wildman–Crippen LogP) is 1.59.